The number of aromatic nitrogens is 4. The van der Waals surface area contributed by atoms with Crippen LogP contribution in [-0.2, 0) is 0 Å². The van der Waals surface area contributed by atoms with E-state index in [2.05, 4.69) is 15.3 Å². The van der Waals surface area contributed by atoms with Crippen molar-refractivity contribution < 1.29 is 5.11 Å². The molecule has 0 unspecified atom stereocenters. The molecule has 2 heterocycles. The van der Waals surface area contributed by atoms with Crippen LogP contribution in [0.15, 0.2) is 35.8 Å². The summed E-state index contributed by atoms with van der Waals surface area (Å²) in [6.45, 7) is 0. The minimum Gasteiger partial charge on any atom is -0.391 e. The molecule has 1 aliphatic carbocycles. The maximum absolute atomic E-state index is 9.70. The van der Waals surface area contributed by atoms with E-state index in [9.17, 15) is 5.11 Å². The fourth-order valence-corrected chi connectivity index (χ4v) is 3.39. The van der Waals surface area contributed by atoms with Gasteiger partial charge in [-0.25, -0.2) is 9.67 Å². The van der Waals surface area contributed by atoms with Crippen molar-refractivity contribution >= 4 is 22.9 Å². The highest BCUT2D eigenvalue weighted by Crippen LogP contribution is 2.33. The van der Waals surface area contributed by atoms with E-state index in [1.165, 1.54) is 0 Å². The maximum Gasteiger partial charge on any atom is 0.132 e. The molecule has 1 aliphatic rings. The molecular formula is C15H13ClN4OS. The number of nitrogens with zero attached hydrogens (tertiary/aromatic N) is 4. The van der Waals surface area contributed by atoms with Crippen molar-refractivity contribution in [1.82, 2.24) is 20.0 Å². The molecule has 0 radical (unpaired) electrons. The average molecular weight is 333 g/mol. The average Bonchev–Trinajstić information content (AvgIpc) is 3.15. The number of thiazole rings is 1. The smallest absolute Gasteiger partial charge is 0.132 e. The topological polar surface area (TPSA) is 63.8 Å². The standard InChI is InChI=1S/C15H13ClN4OS/c16-10-3-1-9(2-4-10)15-17-12(8-22-15)11-7-20(19-18-11)13-5-6-14(13)21/h1-4,7-8,13-14,21H,5-6H2/t13-,14-/m1/s1. The lowest BCUT2D eigenvalue weighted by atomic mass is 9.89. The Labute approximate surface area is 136 Å². The number of hydrogen-bond acceptors (Lipinski definition) is 5. The van der Waals surface area contributed by atoms with Crippen LogP contribution in [0.25, 0.3) is 22.0 Å². The Hall–Kier alpha value is -1.76. The third-order valence-corrected chi connectivity index (χ3v) is 5.05. The third kappa shape index (κ3) is 2.43. The van der Waals surface area contributed by atoms with Gasteiger partial charge in [-0.3, -0.25) is 0 Å². The van der Waals surface area contributed by atoms with Crippen LogP contribution in [0.5, 0.6) is 0 Å². The molecule has 1 aromatic carbocycles. The first-order chi connectivity index (χ1) is 10.7. The van der Waals surface area contributed by atoms with Crippen molar-refractivity contribution in [2.75, 3.05) is 0 Å². The Balaban J connectivity index is 1.60. The predicted octanol–water partition coefficient (Wildman–Crippen LogP) is 3.42. The highest BCUT2D eigenvalue weighted by Gasteiger charge is 2.31. The molecule has 2 atom stereocenters. The number of benzene rings is 1. The predicted molar refractivity (Wildman–Crippen MR) is 85.9 cm³/mol. The number of hydrogen-bond donors (Lipinski definition) is 1. The van der Waals surface area contributed by atoms with Crippen LogP contribution in [0.1, 0.15) is 18.9 Å². The molecule has 4 rings (SSSR count). The summed E-state index contributed by atoms with van der Waals surface area (Å²) in [5.74, 6) is 0. The summed E-state index contributed by atoms with van der Waals surface area (Å²) < 4.78 is 1.74. The van der Waals surface area contributed by atoms with Crippen molar-refractivity contribution in [3.05, 3.63) is 40.9 Å². The lowest BCUT2D eigenvalue weighted by molar-refractivity contribution is 0.0244. The van der Waals surface area contributed by atoms with Crippen molar-refractivity contribution in [3.63, 3.8) is 0 Å². The highest BCUT2D eigenvalue weighted by atomic mass is 35.5. The summed E-state index contributed by atoms with van der Waals surface area (Å²) in [7, 11) is 0. The van der Waals surface area contributed by atoms with Gasteiger partial charge in [0.1, 0.15) is 16.4 Å². The first-order valence-electron chi connectivity index (χ1n) is 7.02. The molecule has 1 fully saturated rings. The van der Waals surface area contributed by atoms with Gasteiger partial charge in [-0.05, 0) is 25.0 Å². The minimum atomic E-state index is -0.311. The first kappa shape index (κ1) is 13.9. The van der Waals surface area contributed by atoms with E-state index in [4.69, 9.17) is 11.6 Å². The lowest BCUT2D eigenvalue weighted by Gasteiger charge is -2.31. The van der Waals surface area contributed by atoms with Crippen LogP contribution in [0, 0.1) is 0 Å². The fraction of sp³-hybridized carbons (Fsp3) is 0.267. The van der Waals surface area contributed by atoms with E-state index in [1.807, 2.05) is 35.8 Å². The van der Waals surface area contributed by atoms with Crippen LogP contribution in [0.2, 0.25) is 5.02 Å². The zero-order valence-electron chi connectivity index (χ0n) is 11.6. The van der Waals surface area contributed by atoms with Crippen LogP contribution in [0.3, 0.4) is 0 Å². The van der Waals surface area contributed by atoms with Gasteiger partial charge in [0.15, 0.2) is 0 Å². The molecule has 0 bridgehead atoms. The normalized spacial score (nSPS) is 20.8. The summed E-state index contributed by atoms with van der Waals surface area (Å²) in [4.78, 5) is 4.61. The summed E-state index contributed by atoms with van der Waals surface area (Å²) in [6, 6.07) is 7.66. The summed E-state index contributed by atoms with van der Waals surface area (Å²) in [5.41, 5.74) is 2.56. The molecule has 5 nitrogen and oxygen atoms in total. The molecule has 1 saturated carbocycles. The van der Waals surface area contributed by atoms with Crippen LogP contribution >= 0.6 is 22.9 Å². The quantitative estimate of drug-likeness (QED) is 0.798. The highest BCUT2D eigenvalue weighted by molar-refractivity contribution is 7.13. The van der Waals surface area contributed by atoms with Gasteiger partial charge in [0.2, 0.25) is 0 Å². The molecule has 3 aromatic rings. The molecule has 0 spiro atoms. The molecule has 1 N–H and O–H groups in total. The second-order valence-electron chi connectivity index (χ2n) is 5.34. The van der Waals surface area contributed by atoms with E-state index < -0.39 is 0 Å². The van der Waals surface area contributed by atoms with E-state index in [1.54, 1.807) is 16.0 Å². The Morgan fingerprint density at radius 2 is 2.00 bits per heavy atom. The largest absolute Gasteiger partial charge is 0.391 e. The van der Waals surface area contributed by atoms with Gasteiger partial charge in [0, 0.05) is 16.0 Å². The van der Waals surface area contributed by atoms with Gasteiger partial charge in [-0.2, -0.15) is 0 Å². The van der Waals surface area contributed by atoms with E-state index in [0.29, 0.717) is 5.02 Å². The summed E-state index contributed by atoms with van der Waals surface area (Å²) in [6.07, 6.45) is 3.32. The second-order valence-corrected chi connectivity index (χ2v) is 6.64. The van der Waals surface area contributed by atoms with Crippen molar-refractivity contribution in [2.24, 2.45) is 0 Å². The fourth-order valence-electron chi connectivity index (χ4n) is 2.45. The van der Waals surface area contributed by atoms with Gasteiger partial charge in [0.25, 0.3) is 0 Å². The van der Waals surface area contributed by atoms with Crippen LogP contribution < -0.4 is 0 Å². The van der Waals surface area contributed by atoms with Gasteiger partial charge >= 0.3 is 0 Å². The Kier molecular flexibility index (Phi) is 3.44. The Morgan fingerprint density at radius 3 is 2.68 bits per heavy atom. The van der Waals surface area contributed by atoms with Crippen molar-refractivity contribution in [2.45, 2.75) is 25.0 Å². The Morgan fingerprint density at radius 1 is 1.18 bits per heavy atom. The molecule has 0 saturated heterocycles. The first-order valence-corrected chi connectivity index (χ1v) is 8.28. The SMILES string of the molecule is O[C@@H]1CC[C@H]1n1cc(-c2csc(-c3ccc(Cl)cc3)n2)nn1. The van der Waals surface area contributed by atoms with Crippen molar-refractivity contribution in [1.29, 1.82) is 0 Å². The molecule has 2 aromatic heterocycles. The van der Waals surface area contributed by atoms with Gasteiger partial charge in [0.05, 0.1) is 18.3 Å². The lowest BCUT2D eigenvalue weighted by Crippen LogP contribution is -2.33. The van der Waals surface area contributed by atoms with Crippen molar-refractivity contribution in [3.8, 4) is 22.0 Å². The zero-order valence-corrected chi connectivity index (χ0v) is 13.1. The van der Waals surface area contributed by atoms with Gasteiger partial charge < -0.3 is 5.11 Å². The molecule has 0 aliphatic heterocycles. The summed E-state index contributed by atoms with van der Waals surface area (Å²) in [5, 5.41) is 21.6. The summed E-state index contributed by atoms with van der Waals surface area (Å²) >= 11 is 7.47. The zero-order chi connectivity index (χ0) is 15.1. The molecule has 7 heteroatoms. The number of halogens is 1. The van der Waals surface area contributed by atoms with E-state index >= 15 is 0 Å². The molecular weight excluding hydrogens is 320 g/mol. The Bertz CT molecular complexity index is 798. The van der Waals surface area contributed by atoms with Gasteiger partial charge in [-0.1, -0.05) is 28.9 Å². The monoisotopic (exact) mass is 332 g/mol. The number of rotatable bonds is 3. The second kappa shape index (κ2) is 5.46. The van der Waals surface area contributed by atoms with E-state index in [-0.39, 0.29) is 12.1 Å². The minimum absolute atomic E-state index is 0.0515. The molecule has 0 amide bonds. The van der Waals surface area contributed by atoms with Gasteiger partial charge in [-0.15, -0.1) is 16.4 Å². The van der Waals surface area contributed by atoms with E-state index in [0.717, 1.165) is 34.8 Å². The maximum atomic E-state index is 9.70. The number of aliphatic hydroxyl groups excluding tert-OH is 1. The molecule has 112 valence electrons. The molecule has 22 heavy (non-hydrogen) atoms. The van der Waals surface area contributed by atoms with Crippen LogP contribution in [-0.4, -0.2) is 31.2 Å². The number of aliphatic hydroxyl groups is 1. The third-order valence-electron chi connectivity index (χ3n) is 3.91. The van der Waals surface area contributed by atoms with Crippen LogP contribution in [0.4, 0.5) is 0 Å².